The summed E-state index contributed by atoms with van der Waals surface area (Å²) in [5, 5.41) is 22.5. The molecular weight excluding hydrogens is 438 g/mol. The molecule has 1 heterocycles. The molecule has 1 atom stereocenters. The highest BCUT2D eigenvalue weighted by atomic mass is 16.5. The van der Waals surface area contributed by atoms with Crippen molar-refractivity contribution in [2.24, 2.45) is 0 Å². The molecule has 1 aliphatic rings. The molecule has 35 heavy (non-hydrogen) atoms. The Morgan fingerprint density at radius 3 is 2.23 bits per heavy atom. The first-order valence-electron chi connectivity index (χ1n) is 11.9. The zero-order valence-electron chi connectivity index (χ0n) is 20.2. The summed E-state index contributed by atoms with van der Waals surface area (Å²) >= 11 is 0. The van der Waals surface area contributed by atoms with Gasteiger partial charge in [0, 0.05) is 29.8 Å². The summed E-state index contributed by atoms with van der Waals surface area (Å²) < 4.78 is 11.0. The van der Waals surface area contributed by atoms with Crippen molar-refractivity contribution < 1.29 is 19.7 Å². The Bertz CT molecular complexity index is 1180. The SMILES string of the molecule is C=CCc1ccc(O)c(-c2cc(CC=C)cc(C(c3ccc(OC)cc3)N3CCOCC3)c2O)c1. The van der Waals surface area contributed by atoms with Crippen molar-refractivity contribution in [3.8, 4) is 28.4 Å². The molecule has 1 aliphatic heterocycles. The third kappa shape index (κ3) is 5.42. The molecular formula is C30H33NO4. The van der Waals surface area contributed by atoms with Crippen LogP contribution < -0.4 is 4.74 Å². The van der Waals surface area contributed by atoms with Crippen LogP contribution >= 0.6 is 0 Å². The first kappa shape index (κ1) is 24.6. The average molecular weight is 472 g/mol. The van der Waals surface area contributed by atoms with Crippen LogP contribution in [0.1, 0.15) is 28.3 Å². The minimum Gasteiger partial charge on any atom is -0.507 e. The maximum Gasteiger partial charge on any atom is 0.128 e. The number of methoxy groups -OCH3 is 1. The molecule has 0 amide bonds. The first-order chi connectivity index (χ1) is 17.0. The van der Waals surface area contributed by atoms with Gasteiger partial charge in [-0.05, 0) is 65.9 Å². The predicted molar refractivity (Wildman–Crippen MR) is 140 cm³/mol. The van der Waals surface area contributed by atoms with Crippen LogP contribution in [0.25, 0.3) is 11.1 Å². The second-order valence-electron chi connectivity index (χ2n) is 8.74. The molecule has 2 N–H and O–H groups in total. The Labute approximate surface area is 207 Å². The van der Waals surface area contributed by atoms with E-state index in [4.69, 9.17) is 9.47 Å². The molecule has 1 saturated heterocycles. The molecule has 4 rings (SSSR count). The predicted octanol–water partition coefficient (Wildman–Crippen LogP) is 5.65. The van der Waals surface area contributed by atoms with E-state index in [2.05, 4.69) is 24.1 Å². The quantitative estimate of drug-likeness (QED) is 0.395. The maximum atomic E-state index is 11.7. The van der Waals surface area contributed by atoms with Crippen molar-refractivity contribution >= 4 is 0 Å². The number of hydrogen-bond acceptors (Lipinski definition) is 5. The minimum absolute atomic E-state index is 0.127. The highest BCUT2D eigenvalue weighted by molar-refractivity contribution is 5.78. The number of phenols is 2. The highest BCUT2D eigenvalue weighted by Crippen LogP contribution is 2.44. The lowest BCUT2D eigenvalue weighted by Crippen LogP contribution is -2.39. The van der Waals surface area contributed by atoms with E-state index in [-0.39, 0.29) is 17.5 Å². The lowest BCUT2D eigenvalue weighted by atomic mass is 9.89. The monoisotopic (exact) mass is 471 g/mol. The van der Waals surface area contributed by atoms with Gasteiger partial charge in [-0.2, -0.15) is 0 Å². The standard InChI is InChI=1S/C30H33NO4/c1-4-6-21-8-13-28(32)25(18-21)26-19-22(7-5-2)20-27(30(26)33)29(31-14-16-35-17-15-31)23-9-11-24(34-3)12-10-23/h4-5,8-13,18-20,29,32-33H,1-2,6-7,14-17H2,3H3. The Morgan fingerprint density at radius 1 is 0.914 bits per heavy atom. The third-order valence-electron chi connectivity index (χ3n) is 6.45. The van der Waals surface area contributed by atoms with Gasteiger partial charge >= 0.3 is 0 Å². The van der Waals surface area contributed by atoms with E-state index in [1.165, 1.54) is 0 Å². The lowest BCUT2D eigenvalue weighted by molar-refractivity contribution is 0.0235. The van der Waals surface area contributed by atoms with Crippen LogP contribution in [0.2, 0.25) is 0 Å². The average Bonchev–Trinajstić information content (AvgIpc) is 2.88. The van der Waals surface area contributed by atoms with Crippen LogP contribution in [0.5, 0.6) is 17.2 Å². The Balaban J connectivity index is 1.91. The van der Waals surface area contributed by atoms with E-state index < -0.39 is 0 Å². The summed E-state index contributed by atoms with van der Waals surface area (Å²) in [5.41, 5.74) is 5.08. The molecule has 0 spiro atoms. The van der Waals surface area contributed by atoms with E-state index >= 15 is 0 Å². The van der Waals surface area contributed by atoms with E-state index in [0.717, 1.165) is 41.1 Å². The van der Waals surface area contributed by atoms with Gasteiger partial charge in [0.1, 0.15) is 17.2 Å². The zero-order valence-corrected chi connectivity index (χ0v) is 20.2. The van der Waals surface area contributed by atoms with Gasteiger partial charge in [0.25, 0.3) is 0 Å². The molecule has 3 aromatic carbocycles. The van der Waals surface area contributed by atoms with Crippen LogP contribution in [0, 0.1) is 0 Å². The van der Waals surface area contributed by atoms with Gasteiger partial charge in [-0.15, -0.1) is 13.2 Å². The molecule has 0 radical (unpaired) electrons. The fourth-order valence-corrected chi connectivity index (χ4v) is 4.72. The second-order valence-corrected chi connectivity index (χ2v) is 8.74. The molecule has 0 saturated carbocycles. The van der Waals surface area contributed by atoms with Crippen LogP contribution in [0.3, 0.4) is 0 Å². The van der Waals surface area contributed by atoms with Crippen molar-refractivity contribution in [2.75, 3.05) is 33.4 Å². The Hall–Kier alpha value is -3.54. The van der Waals surface area contributed by atoms with Gasteiger partial charge in [-0.3, -0.25) is 4.90 Å². The summed E-state index contributed by atoms with van der Waals surface area (Å²) in [6, 6.07) is 17.2. The van der Waals surface area contributed by atoms with Crippen molar-refractivity contribution in [1.29, 1.82) is 0 Å². The van der Waals surface area contributed by atoms with Crippen molar-refractivity contribution in [1.82, 2.24) is 4.90 Å². The highest BCUT2D eigenvalue weighted by Gasteiger charge is 2.29. The second kappa shape index (κ2) is 11.3. The summed E-state index contributed by atoms with van der Waals surface area (Å²) in [4.78, 5) is 2.33. The van der Waals surface area contributed by atoms with E-state index in [1.807, 2.05) is 54.6 Å². The molecule has 5 heteroatoms. The molecule has 182 valence electrons. The number of morpholine rings is 1. The van der Waals surface area contributed by atoms with Gasteiger partial charge in [-0.25, -0.2) is 0 Å². The number of aromatic hydroxyl groups is 2. The number of rotatable bonds is 9. The lowest BCUT2D eigenvalue weighted by Gasteiger charge is -2.36. The zero-order chi connectivity index (χ0) is 24.8. The minimum atomic E-state index is -0.188. The summed E-state index contributed by atoms with van der Waals surface area (Å²) in [6.07, 6.45) is 5.00. The van der Waals surface area contributed by atoms with Crippen molar-refractivity contribution in [3.05, 3.63) is 102 Å². The van der Waals surface area contributed by atoms with E-state index in [1.54, 1.807) is 13.2 Å². The summed E-state index contributed by atoms with van der Waals surface area (Å²) in [7, 11) is 1.65. The normalized spacial score (nSPS) is 14.9. The Kier molecular flexibility index (Phi) is 7.91. The number of nitrogens with zero attached hydrogens (tertiary/aromatic N) is 1. The third-order valence-corrected chi connectivity index (χ3v) is 6.45. The number of hydrogen-bond donors (Lipinski definition) is 2. The topological polar surface area (TPSA) is 62.2 Å². The van der Waals surface area contributed by atoms with Crippen LogP contribution in [-0.2, 0) is 17.6 Å². The van der Waals surface area contributed by atoms with E-state index in [0.29, 0.717) is 37.2 Å². The maximum absolute atomic E-state index is 11.7. The van der Waals surface area contributed by atoms with Crippen LogP contribution in [-0.4, -0.2) is 48.5 Å². The first-order valence-corrected chi connectivity index (χ1v) is 11.9. The number of benzene rings is 3. The molecule has 1 unspecified atom stereocenters. The smallest absolute Gasteiger partial charge is 0.128 e. The number of allylic oxidation sites excluding steroid dienone is 2. The van der Waals surface area contributed by atoms with Gasteiger partial charge in [0.15, 0.2) is 0 Å². The van der Waals surface area contributed by atoms with Crippen LogP contribution in [0.4, 0.5) is 0 Å². The molecule has 0 aliphatic carbocycles. The van der Waals surface area contributed by atoms with E-state index in [9.17, 15) is 10.2 Å². The Morgan fingerprint density at radius 2 is 1.57 bits per heavy atom. The van der Waals surface area contributed by atoms with Gasteiger partial charge in [-0.1, -0.05) is 30.4 Å². The van der Waals surface area contributed by atoms with Crippen LogP contribution in [0.15, 0.2) is 79.9 Å². The number of ether oxygens (including phenoxy) is 2. The van der Waals surface area contributed by atoms with Crippen molar-refractivity contribution in [2.45, 2.75) is 18.9 Å². The molecule has 5 nitrogen and oxygen atoms in total. The van der Waals surface area contributed by atoms with Gasteiger partial charge in [0.05, 0.1) is 26.4 Å². The fraction of sp³-hybridized carbons (Fsp3) is 0.267. The molecule has 0 bridgehead atoms. The van der Waals surface area contributed by atoms with Gasteiger partial charge in [0.2, 0.25) is 0 Å². The van der Waals surface area contributed by atoms with Crippen molar-refractivity contribution in [3.63, 3.8) is 0 Å². The fourth-order valence-electron chi connectivity index (χ4n) is 4.72. The molecule has 1 fully saturated rings. The summed E-state index contributed by atoms with van der Waals surface area (Å²) in [5.74, 6) is 1.07. The summed E-state index contributed by atoms with van der Waals surface area (Å²) in [6.45, 7) is 10.5. The molecule has 0 aromatic heterocycles. The van der Waals surface area contributed by atoms with Gasteiger partial charge < -0.3 is 19.7 Å². The number of phenolic OH excluding ortho intramolecular Hbond substituents is 2. The molecule has 3 aromatic rings. The largest absolute Gasteiger partial charge is 0.507 e.